The molecule has 0 fully saturated rings. The van der Waals surface area contributed by atoms with Crippen LogP contribution in [0.25, 0.3) is 11.1 Å². The molecule has 3 aromatic rings. The second kappa shape index (κ2) is 6.28. The Labute approximate surface area is 131 Å². The number of anilines is 1. The highest BCUT2D eigenvalue weighted by atomic mass is 35.5. The zero-order valence-electron chi connectivity index (χ0n) is 11.0. The van der Waals surface area contributed by atoms with Crippen molar-refractivity contribution in [1.29, 1.82) is 0 Å². The lowest BCUT2D eigenvalue weighted by Crippen LogP contribution is -2.03. The highest BCUT2D eigenvalue weighted by molar-refractivity contribution is 6.38. The van der Waals surface area contributed by atoms with Crippen molar-refractivity contribution in [1.82, 2.24) is 15.0 Å². The van der Waals surface area contributed by atoms with Gasteiger partial charge in [0.1, 0.15) is 5.52 Å². The van der Waals surface area contributed by atoms with Crippen LogP contribution in [-0.2, 0) is 6.42 Å². The van der Waals surface area contributed by atoms with Gasteiger partial charge in [-0.3, -0.25) is 9.97 Å². The van der Waals surface area contributed by atoms with Crippen molar-refractivity contribution in [2.24, 2.45) is 0 Å². The SMILES string of the molecule is Clc1cc(Cl)c2oc(NCCCc3cnccn3)nc2c1. The molecule has 2 aromatic heterocycles. The summed E-state index contributed by atoms with van der Waals surface area (Å²) in [6, 6.07) is 3.79. The Kier molecular flexibility index (Phi) is 4.22. The van der Waals surface area contributed by atoms with E-state index < -0.39 is 0 Å². The number of hydrogen-bond donors (Lipinski definition) is 1. The van der Waals surface area contributed by atoms with Gasteiger partial charge in [0.05, 0.1) is 10.7 Å². The standard InChI is InChI=1S/C14H12Cl2N4O/c15-9-6-11(16)13-12(7-9)20-14(21-13)19-3-1-2-10-8-17-4-5-18-10/h4-8H,1-3H2,(H,19,20). The summed E-state index contributed by atoms with van der Waals surface area (Å²) in [6.07, 6.45) is 6.85. The number of aryl methyl sites for hydroxylation is 1. The summed E-state index contributed by atoms with van der Waals surface area (Å²) < 4.78 is 5.57. The summed E-state index contributed by atoms with van der Waals surface area (Å²) in [7, 11) is 0. The van der Waals surface area contributed by atoms with E-state index in [9.17, 15) is 0 Å². The molecule has 5 nitrogen and oxygen atoms in total. The normalized spacial score (nSPS) is 11.0. The Bertz CT molecular complexity index is 745. The van der Waals surface area contributed by atoms with Crippen molar-refractivity contribution in [3.8, 4) is 0 Å². The van der Waals surface area contributed by atoms with Crippen molar-refractivity contribution >= 4 is 40.3 Å². The smallest absolute Gasteiger partial charge is 0.295 e. The minimum atomic E-state index is 0.438. The molecule has 0 atom stereocenters. The van der Waals surface area contributed by atoms with Crippen LogP contribution in [0.4, 0.5) is 6.01 Å². The topological polar surface area (TPSA) is 63.8 Å². The number of halogens is 2. The third-order valence-corrected chi connectivity index (χ3v) is 3.41. The maximum Gasteiger partial charge on any atom is 0.295 e. The van der Waals surface area contributed by atoms with E-state index in [0.717, 1.165) is 25.1 Å². The van der Waals surface area contributed by atoms with E-state index in [-0.39, 0.29) is 0 Å². The summed E-state index contributed by atoms with van der Waals surface area (Å²) in [5.41, 5.74) is 2.15. The van der Waals surface area contributed by atoms with Crippen LogP contribution in [0, 0.1) is 0 Å². The average molecular weight is 323 g/mol. The van der Waals surface area contributed by atoms with Crippen molar-refractivity contribution in [2.75, 3.05) is 11.9 Å². The van der Waals surface area contributed by atoms with Crippen LogP contribution in [0.3, 0.4) is 0 Å². The Morgan fingerprint density at radius 3 is 2.90 bits per heavy atom. The zero-order valence-corrected chi connectivity index (χ0v) is 12.5. The van der Waals surface area contributed by atoms with Crippen LogP contribution in [0.5, 0.6) is 0 Å². The molecule has 0 amide bonds. The lowest BCUT2D eigenvalue weighted by molar-refractivity contribution is 0.612. The number of nitrogens with one attached hydrogen (secondary N) is 1. The number of aromatic nitrogens is 3. The van der Waals surface area contributed by atoms with Gasteiger partial charge in [0.25, 0.3) is 6.01 Å². The number of oxazole rings is 1. The quantitative estimate of drug-likeness (QED) is 0.720. The molecule has 0 bridgehead atoms. The molecule has 7 heteroatoms. The summed E-state index contributed by atoms with van der Waals surface area (Å²) in [6.45, 7) is 0.717. The Morgan fingerprint density at radius 1 is 1.19 bits per heavy atom. The van der Waals surface area contributed by atoms with Gasteiger partial charge in [-0.05, 0) is 25.0 Å². The molecule has 0 aliphatic rings. The van der Waals surface area contributed by atoms with Crippen molar-refractivity contribution in [3.05, 3.63) is 46.5 Å². The van der Waals surface area contributed by atoms with Gasteiger partial charge in [-0.2, -0.15) is 4.98 Å². The third-order valence-electron chi connectivity index (χ3n) is 2.91. The number of benzene rings is 1. The molecule has 108 valence electrons. The van der Waals surface area contributed by atoms with Crippen LogP contribution in [0.15, 0.2) is 35.1 Å². The van der Waals surface area contributed by atoms with Gasteiger partial charge < -0.3 is 9.73 Å². The van der Waals surface area contributed by atoms with Crippen LogP contribution in [0.1, 0.15) is 12.1 Å². The lowest BCUT2D eigenvalue weighted by Gasteiger charge is -2.01. The Hall–Kier alpha value is -1.85. The van der Waals surface area contributed by atoms with Crippen LogP contribution in [-0.4, -0.2) is 21.5 Å². The van der Waals surface area contributed by atoms with E-state index in [4.69, 9.17) is 27.6 Å². The van der Waals surface area contributed by atoms with Crippen molar-refractivity contribution in [3.63, 3.8) is 0 Å². The van der Waals surface area contributed by atoms with E-state index in [2.05, 4.69) is 20.3 Å². The van der Waals surface area contributed by atoms with Gasteiger partial charge in [0.15, 0.2) is 5.58 Å². The van der Waals surface area contributed by atoms with Gasteiger partial charge >= 0.3 is 0 Å². The number of fused-ring (bicyclic) bond motifs is 1. The van der Waals surface area contributed by atoms with E-state index in [1.54, 1.807) is 30.7 Å². The zero-order chi connectivity index (χ0) is 14.7. The van der Waals surface area contributed by atoms with Crippen molar-refractivity contribution in [2.45, 2.75) is 12.8 Å². The minimum Gasteiger partial charge on any atom is -0.422 e. The van der Waals surface area contributed by atoms with Crippen LogP contribution in [0.2, 0.25) is 10.0 Å². The molecule has 0 saturated heterocycles. The van der Waals surface area contributed by atoms with Gasteiger partial charge in [0.2, 0.25) is 0 Å². The molecular formula is C14H12Cl2N4O. The van der Waals surface area contributed by atoms with Gasteiger partial charge in [-0.25, -0.2) is 0 Å². The molecular weight excluding hydrogens is 311 g/mol. The van der Waals surface area contributed by atoms with Gasteiger partial charge in [0, 0.05) is 30.2 Å². The van der Waals surface area contributed by atoms with E-state index in [1.165, 1.54) is 0 Å². The molecule has 1 N–H and O–H groups in total. The molecule has 3 rings (SSSR count). The fourth-order valence-electron chi connectivity index (χ4n) is 1.96. The lowest BCUT2D eigenvalue weighted by atomic mass is 10.2. The predicted octanol–water partition coefficient (Wildman–Crippen LogP) is 3.97. The second-order valence-corrected chi connectivity index (χ2v) is 5.33. The molecule has 0 aliphatic carbocycles. The molecule has 0 radical (unpaired) electrons. The van der Waals surface area contributed by atoms with Gasteiger partial charge in [-0.15, -0.1) is 0 Å². The maximum atomic E-state index is 6.06. The summed E-state index contributed by atoms with van der Waals surface area (Å²) in [5, 5.41) is 4.12. The predicted molar refractivity (Wildman–Crippen MR) is 82.9 cm³/mol. The molecule has 21 heavy (non-hydrogen) atoms. The largest absolute Gasteiger partial charge is 0.422 e. The summed E-state index contributed by atoms with van der Waals surface area (Å²) in [5.74, 6) is 0. The fraction of sp³-hybridized carbons (Fsp3) is 0.214. The van der Waals surface area contributed by atoms with E-state index in [0.29, 0.717) is 27.2 Å². The first-order valence-electron chi connectivity index (χ1n) is 6.47. The van der Waals surface area contributed by atoms with E-state index >= 15 is 0 Å². The van der Waals surface area contributed by atoms with E-state index in [1.807, 2.05) is 0 Å². The first kappa shape index (κ1) is 14.1. The Morgan fingerprint density at radius 2 is 2.10 bits per heavy atom. The number of nitrogens with zero attached hydrogens (tertiary/aromatic N) is 3. The molecule has 0 spiro atoms. The van der Waals surface area contributed by atoms with Crippen LogP contribution < -0.4 is 5.32 Å². The monoisotopic (exact) mass is 322 g/mol. The van der Waals surface area contributed by atoms with Crippen LogP contribution >= 0.6 is 23.2 Å². The number of rotatable bonds is 5. The second-order valence-electron chi connectivity index (χ2n) is 4.48. The molecule has 2 heterocycles. The third kappa shape index (κ3) is 3.43. The average Bonchev–Trinajstić information content (AvgIpc) is 2.88. The first-order valence-corrected chi connectivity index (χ1v) is 7.22. The fourth-order valence-corrected chi connectivity index (χ4v) is 2.48. The molecule has 0 aliphatic heterocycles. The van der Waals surface area contributed by atoms with Gasteiger partial charge in [-0.1, -0.05) is 23.2 Å². The Balaban J connectivity index is 1.59. The summed E-state index contributed by atoms with van der Waals surface area (Å²) in [4.78, 5) is 12.5. The maximum absolute atomic E-state index is 6.06. The molecule has 0 saturated carbocycles. The number of hydrogen-bond acceptors (Lipinski definition) is 5. The molecule has 1 aromatic carbocycles. The highest BCUT2D eigenvalue weighted by Crippen LogP contribution is 2.29. The first-order chi connectivity index (χ1) is 10.2. The highest BCUT2D eigenvalue weighted by Gasteiger charge is 2.10. The minimum absolute atomic E-state index is 0.438. The summed E-state index contributed by atoms with van der Waals surface area (Å²) >= 11 is 12.0. The van der Waals surface area contributed by atoms with Crippen molar-refractivity contribution < 1.29 is 4.42 Å². The molecule has 0 unspecified atom stereocenters.